The van der Waals surface area contributed by atoms with Crippen LogP contribution >= 0.6 is 58.2 Å². The van der Waals surface area contributed by atoms with Crippen molar-refractivity contribution in [1.82, 2.24) is 9.96 Å². The molecule has 0 atom stereocenters. The summed E-state index contributed by atoms with van der Waals surface area (Å²) in [4.78, 5) is 22.7. The van der Waals surface area contributed by atoms with Crippen LogP contribution in [-0.2, 0) is 17.9 Å². The normalized spacial score (nSPS) is 14.8. The number of thioether (sulfide) groups is 1. The Hall–Kier alpha value is -1.29. The summed E-state index contributed by atoms with van der Waals surface area (Å²) in [6.45, 7) is 0.675. The van der Waals surface area contributed by atoms with E-state index in [0.29, 0.717) is 13.1 Å². The highest BCUT2D eigenvalue weighted by molar-refractivity contribution is 7.99. The van der Waals surface area contributed by atoms with Crippen LogP contribution in [0.25, 0.3) is 0 Å². The van der Waals surface area contributed by atoms with Gasteiger partial charge in [0.2, 0.25) is 0 Å². The Kier molecular flexibility index (Phi) is 9.91. The van der Waals surface area contributed by atoms with Gasteiger partial charge in [-0.1, -0.05) is 58.5 Å². The minimum absolute atomic E-state index is 0.0595. The van der Waals surface area contributed by atoms with Crippen LogP contribution in [-0.4, -0.2) is 51.3 Å². The number of alkyl halides is 2. The Bertz CT molecular complexity index is 929. The maximum Gasteiger partial charge on any atom is 0.454 e. The van der Waals surface area contributed by atoms with Crippen LogP contribution in [0.4, 0.5) is 13.6 Å². The number of benzene rings is 2. The van der Waals surface area contributed by atoms with E-state index in [1.807, 2.05) is 0 Å². The summed E-state index contributed by atoms with van der Waals surface area (Å²) in [6, 6.07) is 8.30. The number of amides is 1. The van der Waals surface area contributed by atoms with Crippen LogP contribution in [0.1, 0.15) is 11.1 Å². The number of hydrogen-bond donors (Lipinski definition) is 0. The van der Waals surface area contributed by atoms with E-state index >= 15 is 0 Å². The molecule has 0 aromatic heterocycles. The first kappa shape index (κ1) is 26.3. The maximum absolute atomic E-state index is 14.4. The van der Waals surface area contributed by atoms with Gasteiger partial charge in [-0.3, -0.25) is 0 Å². The van der Waals surface area contributed by atoms with Gasteiger partial charge >= 0.3 is 6.09 Å². The summed E-state index contributed by atoms with van der Waals surface area (Å²) >= 11 is 26.1. The Morgan fingerprint density at radius 1 is 1.03 bits per heavy atom. The fourth-order valence-electron chi connectivity index (χ4n) is 3.11. The van der Waals surface area contributed by atoms with Gasteiger partial charge in [0.25, 0.3) is 0 Å². The molecule has 1 fully saturated rings. The van der Waals surface area contributed by atoms with Crippen molar-refractivity contribution in [2.75, 3.05) is 24.6 Å². The van der Waals surface area contributed by atoms with Gasteiger partial charge < -0.3 is 9.74 Å². The Morgan fingerprint density at radius 3 is 2.00 bits per heavy atom. The molecule has 0 bridgehead atoms. The van der Waals surface area contributed by atoms with Gasteiger partial charge in [-0.15, -0.1) is 5.06 Å². The molecule has 0 radical (unpaired) electrons. The van der Waals surface area contributed by atoms with Crippen molar-refractivity contribution in [3.05, 3.63) is 69.2 Å². The first-order valence-corrected chi connectivity index (χ1v) is 12.6. The van der Waals surface area contributed by atoms with E-state index in [0.717, 1.165) is 16.6 Å². The molecule has 2 aromatic carbocycles. The Balaban J connectivity index is 1.87. The second kappa shape index (κ2) is 12.4. The van der Waals surface area contributed by atoms with Gasteiger partial charge in [0, 0.05) is 45.8 Å². The standard InChI is InChI=1S/C21H19Cl4F2N3O2S/c22-15-3-1-5-17(26)13(15)11-30(12-14-16(23)4-2-6-18(14)27)32-21(31)28-20(19(24)25)29-7-9-33-10-8-29/h1-6,19H,7-12H2/b28-20+. The molecular weight excluding hydrogens is 538 g/mol. The molecule has 178 valence electrons. The molecule has 1 aliphatic heterocycles. The third-order valence-corrected chi connectivity index (χ3v) is 6.78. The van der Waals surface area contributed by atoms with E-state index in [9.17, 15) is 13.6 Å². The van der Waals surface area contributed by atoms with Crippen LogP contribution in [0.2, 0.25) is 10.0 Å². The zero-order valence-electron chi connectivity index (χ0n) is 17.1. The molecule has 33 heavy (non-hydrogen) atoms. The summed E-state index contributed by atoms with van der Waals surface area (Å²) in [6.07, 6.45) is -1.05. The number of hydrogen-bond acceptors (Lipinski definition) is 4. The molecule has 3 rings (SSSR count). The third-order valence-electron chi connectivity index (χ3n) is 4.74. The lowest BCUT2D eigenvalue weighted by molar-refractivity contribution is -0.112. The number of carbonyl (C=O) groups is 1. The average Bonchev–Trinajstić information content (AvgIpc) is 2.77. The SMILES string of the molecule is O=C(/N=C(\C(Cl)Cl)N1CCSCC1)ON(Cc1c(F)cccc1Cl)Cc1c(F)cccc1Cl. The van der Waals surface area contributed by atoms with Crippen molar-refractivity contribution in [2.45, 2.75) is 17.9 Å². The molecule has 5 nitrogen and oxygen atoms in total. The molecule has 0 saturated carbocycles. The quantitative estimate of drug-likeness (QED) is 0.174. The van der Waals surface area contributed by atoms with Gasteiger partial charge in [0.05, 0.1) is 13.1 Å². The molecule has 1 amide bonds. The lowest BCUT2D eigenvalue weighted by Gasteiger charge is -2.30. The molecule has 12 heteroatoms. The topological polar surface area (TPSA) is 45.1 Å². The zero-order chi connectivity index (χ0) is 24.0. The second-order valence-electron chi connectivity index (χ2n) is 6.93. The van der Waals surface area contributed by atoms with Crippen LogP contribution in [0.5, 0.6) is 0 Å². The number of hydroxylamine groups is 2. The van der Waals surface area contributed by atoms with E-state index in [-0.39, 0.29) is 40.1 Å². The highest BCUT2D eigenvalue weighted by atomic mass is 35.5. The predicted molar refractivity (Wildman–Crippen MR) is 130 cm³/mol. The molecule has 1 saturated heterocycles. The highest BCUT2D eigenvalue weighted by Crippen LogP contribution is 2.25. The van der Waals surface area contributed by atoms with Gasteiger partial charge in [0.15, 0.2) is 4.84 Å². The lowest BCUT2D eigenvalue weighted by atomic mass is 10.1. The third kappa shape index (κ3) is 7.34. The zero-order valence-corrected chi connectivity index (χ0v) is 21.0. The van der Waals surface area contributed by atoms with E-state index in [2.05, 4.69) is 4.99 Å². The molecule has 0 N–H and O–H groups in total. The summed E-state index contributed by atoms with van der Waals surface area (Å²) in [5, 5.41) is 1.27. The fraction of sp³-hybridized carbons (Fsp3) is 0.333. The summed E-state index contributed by atoms with van der Waals surface area (Å²) < 4.78 is 28.8. The van der Waals surface area contributed by atoms with Gasteiger partial charge in [0.1, 0.15) is 17.5 Å². The van der Waals surface area contributed by atoms with Crippen LogP contribution in [0.3, 0.4) is 0 Å². The number of rotatable bonds is 6. The first-order chi connectivity index (χ1) is 15.8. The van der Waals surface area contributed by atoms with Gasteiger partial charge in [-0.2, -0.15) is 16.8 Å². The van der Waals surface area contributed by atoms with E-state index in [1.165, 1.54) is 36.4 Å². The average molecular weight is 557 g/mol. The van der Waals surface area contributed by atoms with Crippen molar-refractivity contribution in [2.24, 2.45) is 4.99 Å². The van der Waals surface area contributed by atoms with E-state index in [1.54, 1.807) is 16.7 Å². The monoisotopic (exact) mass is 555 g/mol. The van der Waals surface area contributed by atoms with E-state index < -0.39 is 22.6 Å². The molecule has 2 aromatic rings. The first-order valence-electron chi connectivity index (χ1n) is 9.78. The smallest absolute Gasteiger partial charge is 0.356 e. The number of aliphatic imine (C=N–C) groups is 1. The van der Waals surface area contributed by atoms with Crippen molar-refractivity contribution in [3.8, 4) is 0 Å². The van der Waals surface area contributed by atoms with Crippen molar-refractivity contribution in [3.63, 3.8) is 0 Å². The van der Waals surface area contributed by atoms with Crippen molar-refractivity contribution < 1.29 is 18.4 Å². The molecule has 1 heterocycles. The molecule has 0 spiro atoms. The minimum atomic E-state index is -1.06. The number of carbonyl (C=O) groups excluding carboxylic acids is 1. The summed E-state index contributed by atoms with van der Waals surface area (Å²) in [7, 11) is 0. The number of amidine groups is 1. The molecule has 0 unspecified atom stereocenters. The van der Waals surface area contributed by atoms with Crippen LogP contribution in [0, 0.1) is 11.6 Å². The Labute approximate surface area is 214 Å². The fourth-order valence-corrected chi connectivity index (χ4v) is 4.84. The minimum Gasteiger partial charge on any atom is -0.356 e. The molecule has 1 aliphatic rings. The summed E-state index contributed by atoms with van der Waals surface area (Å²) in [5.74, 6) is 0.590. The van der Waals surface area contributed by atoms with Crippen molar-refractivity contribution in [1.29, 1.82) is 0 Å². The van der Waals surface area contributed by atoms with Gasteiger partial charge in [-0.25, -0.2) is 13.6 Å². The summed E-state index contributed by atoms with van der Waals surface area (Å²) in [5.41, 5.74) is 0.119. The molecule has 0 aliphatic carbocycles. The largest absolute Gasteiger partial charge is 0.454 e. The van der Waals surface area contributed by atoms with E-state index in [4.69, 9.17) is 51.2 Å². The van der Waals surface area contributed by atoms with Gasteiger partial charge in [-0.05, 0) is 24.3 Å². The van der Waals surface area contributed by atoms with Crippen LogP contribution in [0.15, 0.2) is 41.4 Å². The predicted octanol–water partition coefficient (Wildman–Crippen LogP) is 6.58. The number of nitrogens with zero attached hydrogens (tertiary/aromatic N) is 3. The van der Waals surface area contributed by atoms with Crippen molar-refractivity contribution >= 4 is 70.1 Å². The Morgan fingerprint density at radius 2 is 1.55 bits per heavy atom. The molecular formula is C21H19Cl4F2N3O2S. The second-order valence-corrected chi connectivity index (χ2v) is 10.1. The highest BCUT2D eigenvalue weighted by Gasteiger charge is 2.24. The maximum atomic E-state index is 14.4. The number of halogens is 6. The van der Waals surface area contributed by atoms with Crippen LogP contribution < -0.4 is 0 Å². The lowest BCUT2D eigenvalue weighted by Crippen LogP contribution is -2.41.